The van der Waals surface area contributed by atoms with E-state index < -0.39 is 22.8 Å². The van der Waals surface area contributed by atoms with Crippen molar-refractivity contribution in [2.75, 3.05) is 0 Å². The lowest BCUT2D eigenvalue weighted by Crippen LogP contribution is -2.73. The zero-order valence-electron chi connectivity index (χ0n) is 26.0. The maximum atomic E-state index is 7.13. The summed E-state index contributed by atoms with van der Waals surface area (Å²) in [5.74, 6) is 1.61. The van der Waals surface area contributed by atoms with E-state index in [9.17, 15) is 0 Å². The molecular formula is C34H50O8. The normalized spacial score (nSPS) is 61.4. The molecule has 0 N–H and O–H groups in total. The predicted molar refractivity (Wildman–Crippen MR) is 150 cm³/mol. The molecule has 16 atom stereocenters. The van der Waals surface area contributed by atoms with Crippen molar-refractivity contribution in [3.8, 4) is 0 Å². The van der Waals surface area contributed by atoms with Crippen LogP contribution in [-0.4, -0.2) is 47.6 Å². The molecule has 0 aromatic carbocycles. The predicted octanol–water partition coefficient (Wildman–Crippen LogP) is 6.58. The van der Waals surface area contributed by atoms with E-state index in [2.05, 4.69) is 26.8 Å². The zero-order valence-corrected chi connectivity index (χ0v) is 26.0. The molecule has 0 aromatic heterocycles. The highest BCUT2D eigenvalue weighted by molar-refractivity contribution is 5.18. The first-order valence-electron chi connectivity index (χ1n) is 17.2. The molecular weight excluding hydrogens is 536 g/mol. The van der Waals surface area contributed by atoms with Gasteiger partial charge in [-0.1, -0.05) is 25.5 Å². The van der Waals surface area contributed by atoms with Crippen LogP contribution in [0.3, 0.4) is 0 Å². The lowest BCUT2D eigenvalue weighted by Gasteiger charge is -2.64. The average molecular weight is 587 g/mol. The van der Waals surface area contributed by atoms with E-state index in [0.717, 1.165) is 57.8 Å². The molecule has 8 nitrogen and oxygen atoms in total. The van der Waals surface area contributed by atoms with Crippen LogP contribution >= 0.6 is 0 Å². The molecule has 8 heteroatoms. The standard InChI is InChI=1S/C34H50O8/c1-6-20-15-27-21(25-9-7-18(2)23-11-13-31(4)37-29(35-27)33(23,25)41-39-31)17-22-26-10-8-19(3)24-12-14-32(5)38-30(36-28(22)16-20)34(24,26)42-40-32/h6,18-19,21-30H,7-17H2,1-5H3/t18-,19-,21-,22-,23+,24+,25+,26+,27?,28?,29-,30-,31+,32+,33-,34-/m1/s1. The average Bonchev–Trinajstić information content (AvgIpc) is 3.33. The molecule has 2 spiro atoms. The molecule has 0 radical (unpaired) electrons. The summed E-state index contributed by atoms with van der Waals surface area (Å²) >= 11 is 0. The van der Waals surface area contributed by atoms with E-state index in [1.54, 1.807) is 0 Å². The Balaban J connectivity index is 1.14. The third kappa shape index (κ3) is 3.58. The van der Waals surface area contributed by atoms with Gasteiger partial charge in [0.15, 0.2) is 23.8 Å². The molecule has 42 heavy (non-hydrogen) atoms. The summed E-state index contributed by atoms with van der Waals surface area (Å²) in [6.07, 6.45) is 13.0. The molecule has 0 amide bonds. The van der Waals surface area contributed by atoms with E-state index in [-0.39, 0.29) is 24.8 Å². The van der Waals surface area contributed by atoms with Gasteiger partial charge in [-0.2, -0.15) is 0 Å². The Bertz CT molecular complexity index is 1060. The number of allylic oxidation sites excluding steroid dienone is 1. The van der Waals surface area contributed by atoms with Crippen molar-refractivity contribution in [1.29, 1.82) is 0 Å². The summed E-state index contributed by atoms with van der Waals surface area (Å²) in [6, 6.07) is 0. The van der Waals surface area contributed by atoms with E-state index in [0.29, 0.717) is 47.3 Å². The first-order valence-corrected chi connectivity index (χ1v) is 17.2. The minimum atomic E-state index is -0.744. The van der Waals surface area contributed by atoms with Crippen LogP contribution in [0.25, 0.3) is 0 Å². The number of fused-ring (bicyclic) bond motifs is 8. The Labute approximate surface area is 250 Å². The third-order valence-electron chi connectivity index (χ3n) is 14.0. The van der Waals surface area contributed by atoms with E-state index in [4.69, 9.17) is 38.5 Å². The van der Waals surface area contributed by atoms with Crippen molar-refractivity contribution in [2.45, 2.75) is 153 Å². The minimum Gasteiger partial charge on any atom is -0.346 e. The van der Waals surface area contributed by atoms with Crippen LogP contribution in [0.5, 0.6) is 0 Å². The maximum Gasteiger partial charge on any atom is 0.201 e. The Morgan fingerprint density at radius 3 is 1.55 bits per heavy atom. The van der Waals surface area contributed by atoms with Crippen molar-refractivity contribution in [3.05, 3.63) is 11.6 Å². The fourth-order valence-electron chi connectivity index (χ4n) is 11.8. The SMILES string of the molecule is CC=C1CC2O[C@@H]3O[C@]4(C)CC[C@H]5[C@H](C)CC[C@@H]([C@H]2C[C@H]2C(C1)O[C@@H]1O[C@]6(C)CC[C@H]7[C@H](C)CC[C@@H]2[C@@]17OO6)[C@@]35OO4. The quantitative estimate of drug-likeness (QED) is 0.233. The first-order chi connectivity index (χ1) is 20.2. The fourth-order valence-corrected chi connectivity index (χ4v) is 11.8. The summed E-state index contributed by atoms with van der Waals surface area (Å²) < 4.78 is 27.7. The van der Waals surface area contributed by atoms with Gasteiger partial charge in [-0.05, 0) is 114 Å². The molecule has 3 aliphatic carbocycles. The Morgan fingerprint density at radius 2 is 1.10 bits per heavy atom. The van der Waals surface area contributed by atoms with Gasteiger partial charge in [0.25, 0.3) is 0 Å². The molecule has 11 aliphatic rings. The minimum absolute atomic E-state index is 0.0871. The fraction of sp³-hybridized carbons (Fsp3) is 0.941. The largest absolute Gasteiger partial charge is 0.346 e. The Hall–Kier alpha value is -0.580. The van der Waals surface area contributed by atoms with Crippen LogP contribution in [0.4, 0.5) is 0 Å². The van der Waals surface area contributed by atoms with E-state index in [1.165, 1.54) is 18.4 Å². The number of hydrogen-bond acceptors (Lipinski definition) is 8. The smallest absolute Gasteiger partial charge is 0.201 e. The van der Waals surface area contributed by atoms with Crippen molar-refractivity contribution in [1.82, 2.24) is 0 Å². The molecule has 4 bridgehead atoms. The Morgan fingerprint density at radius 1 is 0.619 bits per heavy atom. The number of rotatable bonds is 0. The number of ether oxygens (including phenoxy) is 4. The first kappa shape index (κ1) is 27.7. The molecule has 3 saturated carbocycles. The summed E-state index contributed by atoms with van der Waals surface area (Å²) in [7, 11) is 0. The van der Waals surface area contributed by atoms with Crippen molar-refractivity contribution in [3.63, 3.8) is 0 Å². The third-order valence-corrected chi connectivity index (χ3v) is 14.0. The van der Waals surface area contributed by atoms with E-state index in [1.807, 2.05) is 13.8 Å². The van der Waals surface area contributed by atoms with Gasteiger partial charge in [0.05, 0.1) is 12.2 Å². The summed E-state index contributed by atoms with van der Waals surface area (Å²) in [5.41, 5.74) is 0.298. The molecule has 234 valence electrons. The molecule has 8 aliphatic heterocycles. The summed E-state index contributed by atoms with van der Waals surface area (Å²) in [5, 5.41) is 0. The number of hydrogen-bond donors (Lipinski definition) is 0. The second kappa shape index (κ2) is 9.25. The maximum absolute atomic E-state index is 7.13. The van der Waals surface area contributed by atoms with Crippen LogP contribution in [0.2, 0.25) is 0 Å². The van der Waals surface area contributed by atoms with Crippen LogP contribution in [0, 0.1) is 47.3 Å². The summed E-state index contributed by atoms with van der Waals surface area (Å²) in [6.45, 7) is 11.0. The molecule has 0 aromatic rings. The van der Waals surface area contributed by atoms with Gasteiger partial charge in [0.2, 0.25) is 11.6 Å². The van der Waals surface area contributed by atoms with Crippen LogP contribution < -0.4 is 0 Å². The second-order valence-corrected chi connectivity index (χ2v) is 16.1. The second-order valence-electron chi connectivity index (χ2n) is 16.1. The van der Waals surface area contributed by atoms with Crippen molar-refractivity contribution in [2.24, 2.45) is 47.3 Å². The lowest BCUT2D eigenvalue weighted by atomic mass is 9.52. The Kier molecular flexibility index (Phi) is 6.10. The van der Waals surface area contributed by atoms with Gasteiger partial charge in [-0.25, -0.2) is 19.6 Å². The zero-order chi connectivity index (χ0) is 28.6. The van der Waals surface area contributed by atoms with Gasteiger partial charge in [0, 0.05) is 24.7 Å². The van der Waals surface area contributed by atoms with Gasteiger partial charge >= 0.3 is 0 Å². The molecule has 8 heterocycles. The van der Waals surface area contributed by atoms with Crippen molar-refractivity contribution >= 4 is 0 Å². The highest BCUT2D eigenvalue weighted by Crippen LogP contribution is 2.66. The topological polar surface area (TPSA) is 73.8 Å². The molecule has 11 rings (SSSR count). The van der Waals surface area contributed by atoms with Crippen LogP contribution in [-0.2, 0) is 38.5 Å². The molecule has 8 saturated heterocycles. The summed E-state index contributed by atoms with van der Waals surface area (Å²) in [4.78, 5) is 25.6. The van der Waals surface area contributed by atoms with E-state index >= 15 is 0 Å². The monoisotopic (exact) mass is 586 g/mol. The lowest BCUT2D eigenvalue weighted by molar-refractivity contribution is -0.575. The highest BCUT2D eigenvalue weighted by atomic mass is 17.3. The highest BCUT2D eigenvalue weighted by Gasteiger charge is 2.73. The molecule has 2 unspecified atom stereocenters. The molecule has 11 fully saturated rings. The van der Waals surface area contributed by atoms with Crippen LogP contribution in [0.15, 0.2) is 11.6 Å². The van der Waals surface area contributed by atoms with Gasteiger partial charge in [0.1, 0.15) is 0 Å². The van der Waals surface area contributed by atoms with Gasteiger partial charge in [-0.15, -0.1) is 0 Å². The van der Waals surface area contributed by atoms with Crippen molar-refractivity contribution < 1.29 is 38.5 Å². The van der Waals surface area contributed by atoms with Gasteiger partial charge in [-0.3, -0.25) is 0 Å². The van der Waals surface area contributed by atoms with Crippen LogP contribution in [0.1, 0.15) is 105 Å². The van der Waals surface area contributed by atoms with Gasteiger partial charge < -0.3 is 18.9 Å².